The number of aldehydes is 1. The maximum atomic E-state index is 10.2. The highest BCUT2D eigenvalue weighted by molar-refractivity contribution is 5.76. The van der Waals surface area contributed by atoms with E-state index in [-0.39, 0.29) is 0 Å². The lowest BCUT2D eigenvalue weighted by Gasteiger charge is -1.96. The van der Waals surface area contributed by atoms with Crippen LogP contribution in [0.4, 0.5) is 0 Å². The van der Waals surface area contributed by atoms with Crippen molar-refractivity contribution in [2.45, 2.75) is 0 Å². The van der Waals surface area contributed by atoms with Crippen LogP contribution in [0.15, 0.2) is 65.9 Å². The zero-order valence-corrected chi connectivity index (χ0v) is 8.07. The Hall–Kier alpha value is -1.96. The Balaban J connectivity index is 4.35. The van der Waals surface area contributed by atoms with Gasteiger partial charge in [-0.25, -0.2) is 0 Å². The van der Waals surface area contributed by atoms with Crippen LogP contribution in [0, 0.1) is 0 Å². The number of carbonyl (C=O) groups is 1. The van der Waals surface area contributed by atoms with E-state index < -0.39 is 0 Å². The maximum Gasteiger partial charge on any atom is 0.149 e. The summed E-state index contributed by atoms with van der Waals surface area (Å²) in [5, 5.41) is 0. The highest BCUT2D eigenvalue weighted by Crippen LogP contribution is 2.09. The summed E-state index contributed by atoms with van der Waals surface area (Å²) in [6.07, 6.45) is 7.13. The summed E-state index contributed by atoms with van der Waals surface area (Å²) in [6, 6.07) is 0. The first-order valence-corrected chi connectivity index (χ1v) is 3.94. The monoisotopic (exact) mass is 187 g/mol. The smallest absolute Gasteiger partial charge is 0.149 e. The fourth-order valence-corrected chi connectivity index (χ4v) is 0.604. The van der Waals surface area contributed by atoms with Crippen molar-refractivity contribution in [1.29, 1.82) is 0 Å². The molecule has 0 aromatic carbocycles. The van der Waals surface area contributed by atoms with Gasteiger partial charge >= 0.3 is 0 Å². The van der Waals surface area contributed by atoms with E-state index in [9.17, 15) is 4.79 Å². The van der Waals surface area contributed by atoms with Crippen molar-refractivity contribution in [2.75, 3.05) is 0 Å². The molecule has 0 aliphatic heterocycles. The van der Waals surface area contributed by atoms with Crippen LogP contribution in [0.5, 0.6) is 0 Å². The first kappa shape index (κ1) is 12.0. The van der Waals surface area contributed by atoms with Gasteiger partial charge in [0.05, 0.1) is 0 Å². The van der Waals surface area contributed by atoms with Gasteiger partial charge in [0.2, 0.25) is 0 Å². The molecule has 0 aromatic rings. The third-order valence-corrected chi connectivity index (χ3v) is 1.44. The normalized spacial score (nSPS) is 10.3. The highest BCUT2D eigenvalue weighted by Gasteiger charge is 1.91. The standard InChI is InChI=1S/C12H13NO/c1-10(9-14)5-6-11(2)12(3)7-8-13-4/h5-9H,1-4H2/b6-5-,8-7-. The summed E-state index contributed by atoms with van der Waals surface area (Å²) in [5.41, 5.74) is 1.81. The average molecular weight is 187 g/mol. The van der Waals surface area contributed by atoms with Gasteiger partial charge in [-0.15, -0.1) is 0 Å². The fraction of sp³-hybridized carbons (Fsp3) is 0. The highest BCUT2D eigenvalue weighted by atomic mass is 16.1. The molecule has 0 heterocycles. The number of aliphatic imine (C=N–C) groups is 1. The van der Waals surface area contributed by atoms with Gasteiger partial charge < -0.3 is 0 Å². The molecule has 0 aliphatic carbocycles. The van der Waals surface area contributed by atoms with Crippen molar-refractivity contribution in [2.24, 2.45) is 4.99 Å². The van der Waals surface area contributed by atoms with Crippen molar-refractivity contribution in [3.05, 3.63) is 60.9 Å². The van der Waals surface area contributed by atoms with Gasteiger partial charge in [0.1, 0.15) is 6.29 Å². The number of hydrogen-bond acceptors (Lipinski definition) is 2. The molecule has 0 rings (SSSR count). The van der Waals surface area contributed by atoms with Gasteiger partial charge in [-0.05, 0) is 23.9 Å². The van der Waals surface area contributed by atoms with Crippen LogP contribution in [0.2, 0.25) is 0 Å². The van der Waals surface area contributed by atoms with Crippen LogP contribution in [-0.2, 0) is 4.79 Å². The first-order chi connectivity index (χ1) is 6.61. The molecule has 0 spiro atoms. The molecule has 0 aliphatic rings. The molecule has 72 valence electrons. The Morgan fingerprint density at radius 1 is 1.00 bits per heavy atom. The third kappa shape index (κ3) is 4.83. The molecule has 0 saturated carbocycles. The maximum absolute atomic E-state index is 10.2. The van der Waals surface area contributed by atoms with E-state index in [1.807, 2.05) is 0 Å². The van der Waals surface area contributed by atoms with Gasteiger partial charge in [-0.1, -0.05) is 31.9 Å². The predicted octanol–water partition coefficient (Wildman–Crippen LogP) is 2.62. The molecule has 0 bridgehead atoms. The van der Waals surface area contributed by atoms with Gasteiger partial charge in [-0.3, -0.25) is 9.79 Å². The zero-order valence-electron chi connectivity index (χ0n) is 8.07. The van der Waals surface area contributed by atoms with Crippen molar-refractivity contribution in [1.82, 2.24) is 0 Å². The van der Waals surface area contributed by atoms with Crippen LogP contribution in [0.25, 0.3) is 0 Å². The van der Waals surface area contributed by atoms with E-state index in [0.29, 0.717) is 23.0 Å². The van der Waals surface area contributed by atoms with Crippen molar-refractivity contribution >= 4 is 13.0 Å². The van der Waals surface area contributed by atoms with Gasteiger partial charge in [-0.2, -0.15) is 0 Å². The van der Waals surface area contributed by atoms with E-state index >= 15 is 0 Å². The Morgan fingerprint density at radius 2 is 1.57 bits per heavy atom. The lowest BCUT2D eigenvalue weighted by atomic mass is 10.1. The molecule has 0 unspecified atom stereocenters. The molecule has 2 nitrogen and oxygen atoms in total. The second-order valence-corrected chi connectivity index (χ2v) is 2.57. The molecular weight excluding hydrogens is 174 g/mol. The van der Waals surface area contributed by atoms with E-state index in [0.717, 1.165) is 0 Å². The van der Waals surface area contributed by atoms with Gasteiger partial charge in [0.15, 0.2) is 0 Å². The minimum absolute atomic E-state index is 0.393. The summed E-state index contributed by atoms with van der Waals surface area (Å²) in [4.78, 5) is 13.8. The largest absolute Gasteiger partial charge is 0.298 e. The molecule has 0 N–H and O–H groups in total. The molecule has 0 radical (unpaired) electrons. The van der Waals surface area contributed by atoms with Crippen LogP contribution < -0.4 is 0 Å². The van der Waals surface area contributed by atoms with E-state index in [4.69, 9.17) is 0 Å². The topological polar surface area (TPSA) is 29.4 Å². The van der Waals surface area contributed by atoms with E-state index in [1.54, 1.807) is 18.2 Å². The molecule has 0 aromatic heterocycles. The van der Waals surface area contributed by atoms with E-state index in [2.05, 4.69) is 31.4 Å². The molecule has 2 heteroatoms. The summed E-state index contributed by atoms with van der Waals surface area (Å²) >= 11 is 0. The minimum Gasteiger partial charge on any atom is -0.298 e. The number of nitrogens with zero attached hydrogens (tertiary/aromatic N) is 1. The van der Waals surface area contributed by atoms with E-state index in [1.165, 1.54) is 6.20 Å². The molecule has 0 atom stereocenters. The average Bonchev–Trinajstić information content (AvgIpc) is 2.21. The Bertz CT molecular complexity index is 332. The van der Waals surface area contributed by atoms with Crippen LogP contribution in [0.1, 0.15) is 0 Å². The molecule has 0 amide bonds. The Morgan fingerprint density at radius 3 is 2.07 bits per heavy atom. The number of hydrogen-bond donors (Lipinski definition) is 0. The molecule has 0 saturated heterocycles. The molecule has 14 heavy (non-hydrogen) atoms. The van der Waals surface area contributed by atoms with Crippen molar-refractivity contribution in [3.63, 3.8) is 0 Å². The lowest BCUT2D eigenvalue weighted by molar-refractivity contribution is -0.104. The summed E-state index contributed by atoms with van der Waals surface area (Å²) < 4.78 is 0. The third-order valence-electron chi connectivity index (χ3n) is 1.44. The SMILES string of the molecule is C=N/C=C\C(=C)C(=C)/C=C\C(=C)C=O. The summed E-state index contributed by atoms with van der Waals surface area (Å²) in [6.45, 7) is 14.3. The molecule has 0 fully saturated rings. The Kier molecular flexibility index (Phi) is 5.63. The van der Waals surface area contributed by atoms with Crippen LogP contribution in [-0.4, -0.2) is 13.0 Å². The van der Waals surface area contributed by atoms with Crippen LogP contribution in [0.3, 0.4) is 0 Å². The summed E-state index contributed by atoms with van der Waals surface area (Å²) in [5.74, 6) is 0. The second kappa shape index (κ2) is 6.54. The van der Waals surface area contributed by atoms with Crippen molar-refractivity contribution in [3.8, 4) is 0 Å². The lowest BCUT2D eigenvalue weighted by Crippen LogP contribution is -1.79. The first-order valence-electron chi connectivity index (χ1n) is 3.94. The van der Waals surface area contributed by atoms with Crippen molar-refractivity contribution < 1.29 is 4.79 Å². The zero-order chi connectivity index (χ0) is 11.0. The summed E-state index contributed by atoms with van der Waals surface area (Å²) in [7, 11) is 0. The number of allylic oxidation sites excluding steroid dienone is 6. The van der Waals surface area contributed by atoms with Gasteiger partial charge in [0, 0.05) is 11.8 Å². The van der Waals surface area contributed by atoms with Gasteiger partial charge in [0.25, 0.3) is 0 Å². The Labute approximate surface area is 84.4 Å². The molecular formula is C12H13NO. The number of rotatable bonds is 6. The predicted molar refractivity (Wildman–Crippen MR) is 61.3 cm³/mol. The second-order valence-electron chi connectivity index (χ2n) is 2.57. The minimum atomic E-state index is 0.393. The van der Waals surface area contributed by atoms with Crippen LogP contribution >= 0.6 is 0 Å². The number of carbonyl (C=O) groups excluding carboxylic acids is 1. The quantitative estimate of drug-likeness (QED) is 0.272. The fourth-order valence-electron chi connectivity index (χ4n) is 0.604.